The van der Waals surface area contributed by atoms with E-state index in [-0.39, 0.29) is 6.79 Å². The summed E-state index contributed by atoms with van der Waals surface area (Å²) >= 11 is 0. The quantitative estimate of drug-likeness (QED) is 0.538. The Kier molecular flexibility index (Phi) is 7.41. The summed E-state index contributed by atoms with van der Waals surface area (Å²) in [7, 11) is 0. The molecule has 1 N–H and O–H groups in total. The Morgan fingerprint density at radius 3 is 2.22 bits per heavy atom. The normalized spacial score (nSPS) is 10.6. The molecule has 0 radical (unpaired) electrons. The Morgan fingerprint density at radius 2 is 1.67 bits per heavy atom. The van der Waals surface area contributed by atoms with Crippen LogP contribution in [0.2, 0.25) is 0 Å². The van der Waals surface area contributed by atoms with E-state index in [0.29, 0.717) is 13.2 Å². The summed E-state index contributed by atoms with van der Waals surface area (Å²) in [5.41, 5.74) is 2.40. The van der Waals surface area contributed by atoms with Crippen molar-refractivity contribution in [3.8, 4) is 0 Å². The molecular weight excluding hydrogens is 230 g/mol. The first-order chi connectivity index (χ1) is 8.77. The van der Waals surface area contributed by atoms with Gasteiger partial charge in [-0.1, -0.05) is 17.7 Å². The number of anilines is 1. The zero-order chi connectivity index (χ0) is 13.2. The lowest BCUT2D eigenvalue weighted by Crippen LogP contribution is -2.31. The second kappa shape index (κ2) is 8.91. The minimum Gasteiger partial charge on any atom is -0.380 e. The van der Waals surface area contributed by atoms with Crippen molar-refractivity contribution in [2.24, 2.45) is 0 Å². The monoisotopic (exact) mass is 253 g/mol. The van der Waals surface area contributed by atoms with Gasteiger partial charge in [0, 0.05) is 25.4 Å². The molecule has 0 aromatic heterocycles. The third kappa shape index (κ3) is 5.49. The lowest BCUT2D eigenvalue weighted by molar-refractivity contribution is 0.00191. The molecule has 0 fully saturated rings. The third-order valence-electron chi connectivity index (χ3n) is 2.71. The average Bonchev–Trinajstić information content (AvgIpc) is 2.38. The average molecular weight is 253 g/mol. The summed E-state index contributed by atoms with van der Waals surface area (Å²) in [6, 6.07) is 8.38. The Balaban J connectivity index is 2.54. The predicted octanol–water partition coefficient (Wildman–Crippen LogP) is 1.80. The highest BCUT2D eigenvalue weighted by atomic mass is 16.6. The van der Waals surface area contributed by atoms with Crippen LogP contribution in [-0.4, -0.2) is 44.8 Å². The summed E-state index contributed by atoms with van der Waals surface area (Å²) in [5, 5.41) is 8.63. The topological polar surface area (TPSA) is 41.9 Å². The van der Waals surface area contributed by atoms with Crippen LogP contribution in [0.4, 0.5) is 5.69 Å². The number of aryl methyl sites for hydroxylation is 1. The van der Waals surface area contributed by atoms with Gasteiger partial charge in [0.1, 0.15) is 6.79 Å². The van der Waals surface area contributed by atoms with E-state index in [0.717, 1.165) is 25.4 Å². The molecule has 0 saturated carbocycles. The summed E-state index contributed by atoms with van der Waals surface area (Å²) in [6.45, 7) is 7.35. The van der Waals surface area contributed by atoms with Gasteiger partial charge in [0.2, 0.25) is 0 Å². The number of ether oxygens (including phenoxy) is 2. The van der Waals surface area contributed by atoms with E-state index in [9.17, 15) is 0 Å². The van der Waals surface area contributed by atoms with Gasteiger partial charge in [-0.2, -0.15) is 0 Å². The van der Waals surface area contributed by atoms with E-state index in [4.69, 9.17) is 14.6 Å². The number of benzene rings is 1. The Labute approximate surface area is 109 Å². The molecule has 0 aliphatic carbocycles. The molecule has 4 heteroatoms. The molecule has 1 aromatic carbocycles. The van der Waals surface area contributed by atoms with Crippen LogP contribution in [0.1, 0.15) is 12.5 Å². The molecule has 1 aromatic rings. The predicted molar refractivity (Wildman–Crippen MR) is 72.9 cm³/mol. The van der Waals surface area contributed by atoms with Gasteiger partial charge in [-0.15, -0.1) is 0 Å². The third-order valence-corrected chi connectivity index (χ3v) is 2.71. The first kappa shape index (κ1) is 15.0. The number of aliphatic hydroxyl groups is 1. The van der Waals surface area contributed by atoms with Crippen molar-refractivity contribution in [2.45, 2.75) is 13.8 Å². The standard InChI is InChI=1S/C14H23NO3/c1-3-17-10-8-15(9-11-18-12-16)14-6-4-13(2)5-7-14/h4-7,16H,3,8-12H2,1-2H3. The minimum absolute atomic E-state index is 0.229. The van der Waals surface area contributed by atoms with E-state index in [1.165, 1.54) is 5.56 Å². The van der Waals surface area contributed by atoms with Gasteiger partial charge < -0.3 is 19.5 Å². The smallest absolute Gasteiger partial charge is 0.143 e. The van der Waals surface area contributed by atoms with Crippen LogP contribution < -0.4 is 4.90 Å². The number of hydrogen-bond donors (Lipinski definition) is 1. The summed E-state index contributed by atoms with van der Waals surface area (Å²) < 4.78 is 10.4. The summed E-state index contributed by atoms with van der Waals surface area (Å²) in [4.78, 5) is 2.20. The number of aliphatic hydroxyl groups excluding tert-OH is 1. The number of nitrogens with zero attached hydrogens (tertiary/aromatic N) is 1. The van der Waals surface area contributed by atoms with Crippen LogP contribution in [0.3, 0.4) is 0 Å². The maximum Gasteiger partial charge on any atom is 0.143 e. The number of hydrogen-bond acceptors (Lipinski definition) is 4. The van der Waals surface area contributed by atoms with Gasteiger partial charge in [-0.3, -0.25) is 0 Å². The van der Waals surface area contributed by atoms with Crippen LogP contribution in [0, 0.1) is 6.92 Å². The fraction of sp³-hybridized carbons (Fsp3) is 0.571. The lowest BCUT2D eigenvalue weighted by Gasteiger charge is -2.24. The molecule has 0 heterocycles. The highest BCUT2D eigenvalue weighted by Gasteiger charge is 2.06. The van der Waals surface area contributed by atoms with Crippen molar-refractivity contribution in [1.82, 2.24) is 0 Å². The fourth-order valence-electron chi connectivity index (χ4n) is 1.68. The molecule has 0 unspecified atom stereocenters. The van der Waals surface area contributed by atoms with E-state index < -0.39 is 0 Å². The zero-order valence-electron chi connectivity index (χ0n) is 11.3. The first-order valence-corrected chi connectivity index (χ1v) is 6.36. The fourth-order valence-corrected chi connectivity index (χ4v) is 1.68. The highest BCUT2D eigenvalue weighted by Crippen LogP contribution is 2.14. The zero-order valence-corrected chi connectivity index (χ0v) is 11.3. The molecule has 0 bridgehead atoms. The molecule has 0 amide bonds. The molecule has 0 aliphatic heterocycles. The van der Waals surface area contributed by atoms with Gasteiger partial charge in [-0.25, -0.2) is 0 Å². The van der Waals surface area contributed by atoms with Gasteiger partial charge in [0.05, 0.1) is 13.2 Å². The van der Waals surface area contributed by atoms with Crippen LogP contribution in [-0.2, 0) is 9.47 Å². The van der Waals surface area contributed by atoms with Gasteiger partial charge in [0.25, 0.3) is 0 Å². The molecule has 0 atom stereocenters. The van der Waals surface area contributed by atoms with Crippen molar-refractivity contribution < 1.29 is 14.6 Å². The first-order valence-electron chi connectivity index (χ1n) is 6.36. The van der Waals surface area contributed by atoms with Crippen molar-refractivity contribution in [3.63, 3.8) is 0 Å². The molecule has 0 aliphatic rings. The van der Waals surface area contributed by atoms with E-state index >= 15 is 0 Å². The maximum atomic E-state index is 8.63. The molecule has 0 spiro atoms. The van der Waals surface area contributed by atoms with Crippen molar-refractivity contribution in [1.29, 1.82) is 0 Å². The largest absolute Gasteiger partial charge is 0.380 e. The van der Waals surface area contributed by atoms with Crippen LogP contribution in [0.25, 0.3) is 0 Å². The van der Waals surface area contributed by atoms with E-state index in [2.05, 4.69) is 36.1 Å². The van der Waals surface area contributed by atoms with Crippen molar-refractivity contribution >= 4 is 5.69 Å². The van der Waals surface area contributed by atoms with Gasteiger partial charge in [-0.05, 0) is 26.0 Å². The Bertz CT molecular complexity index is 303. The maximum absolute atomic E-state index is 8.63. The van der Waals surface area contributed by atoms with Crippen molar-refractivity contribution in [2.75, 3.05) is 44.6 Å². The van der Waals surface area contributed by atoms with Crippen LogP contribution in [0.15, 0.2) is 24.3 Å². The molecule has 0 saturated heterocycles. The van der Waals surface area contributed by atoms with Crippen molar-refractivity contribution in [3.05, 3.63) is 29.8 Å². The van der Waals surface area contributed by atoms with Crippen LogP contribution in [0.5, 0.6) is 0 Å². The molecule has 18 heavy (non-hydrogen) atoms. The molecule has 102 valence electrons. The Morgan fingerprint density at radius 1 is 1.06 bits per heavy atom. The molecule has 4 nitrogen and oxygen atoms in total. The van der Waals surface area contributed by atoms with Gasteiger partial charge >= 0.3 is 0 Å². The second-order valence-corrected chi connectivity index (χ2v) is 4.06. The summed E-state index contributed by atoms with van der Waals surface area (Å²) in [6.07, 6.45) is 0. The SMILES string of the molecule is CCOCCN(CCOCO)c1ccc(C)cc1. The minimum atomic E-state index is -0.229. The van der Waals surface area contributed by atoms with Crippen LogP contribution >= 0.6 is 0 Å². The van der Waals surface area contributed by atoms with E-state index in [1.807, 2.05) is 6.92 Å². The van der Waals surface area contributed by atoms with E-state index in [1.54, 1.807) is 0 Å². The molecular formula is C14H23NO3. The summed E-state index contributed by atoms with van der Waals surface area (Å²) in [5.74, 6) is 0. The Hall–Kier alpha value is -1.10. The lowest BCUT2D eigenvalue weighted by atomic mass is 10.2. The molecule has 1 rings (SSSR count). The van der Waals surface area contributed by atoms with Gasteiger partial charge in [0.15, 0.2) is 0 Å². The second-order valence-electron chi connectivity index (χ2n) is 4.06. The number of rotatable bonds is 9. The highest BCUT2D eigenvalue weighted by molar-refractivity contribution is 5.47.